The summed E-state index contributed by atoms with van der Waals surface area (Å²) in [5.74, 6) is 0.694. The molecule has 0 bridgehead atoms. The minimum absolute atomic E-state index is 0.694. The van der Waals surface area contributed by atoms with Gasteiger partial charge in [-0.3, -0.25) is 0 Å². The average Bonchev–Trinajstić information content (AvgIpc) is 2.21. The number of hydroxylamine groups is 1. The zero-order valence-corrected chi connectivity index (χ0v) is 12.3. The van der Waals surface area contributed by atoms with Gasteiger partial charge in [-0.1, -0.05) is 29.3 Å². The number of hydrogen-bond donors (Lipinski definition) is 1. The minimum atomic E-state index is -1.92. The van der Waals surface area contributed by atoms with Crippen LogP contribution in [-0.4, -0.2) is 27.0 Å². The van der Waals surface area contributed by atoms with Crippen LogP contribution in [0.4, 0.5) is 0 Å². The number of halogens is 1. The fourth-order valence-electron chi connectivity index (χ4n) is 1.74. The van der Waals surface area contributed by atoms with E-state index in [0.717, 1.165) is 37.4 Å². The van der Waals surface area contributed by atoms with Crippen molar-refractivity contribution in [2.24, 2.45) is 5.92 Å². The Morgan fingerprint density at radius 2 is 2.33 bits per heavy atom. The Morgan fingerprint density at radius 1 is 1.53 bits per heavy atom. The van der Waals surface area contributed by atoms with E-state index in [0.29, 0.717) is 5.92 Å². The van der Waals surface area contributed by atoms with E-state index in [1.54, 1.807) is 0 Å². The molecule has 1 aliphatic heterocycles. The molecule has 0 aromatic rings. The van der Waals surface area contributed by atoms with Crippen molar-refractivity contribution >= 4 is 24.5 Å². The van der Waals surface area contributed by atoms with E-state index in [4.69, 9.17) is 8.95 Å². The SMILES string of the molecule is CCC1CCO[Si](C)(CCCBr)ONC1. The summed E-state index contributed by atoms with van der Waals surface area (Å²) < 4.78 is 11.7. The first-order valence-corrected chi connectivity index (χ1v) is 9.45. The first-order chi connectivity index (χ1) is 7.20. The van der Waals surface area contributed by atoms with Gasteiger partial charge in [-0.05, 0) is 31.4 Å². The molecule has 1 fully saturated rings. The molecule has 5 heteroatoms. The monoisotopic (exact) mass is 295 g/mol. The number of rotatable bonds is 4. The lowest BCUT2D eigenvalue weighted by Crippen LogP contribution is -2.47. The lowest BCUT2D eigenvalue weighted by molar-refractivity contribution is 0.0691. The summed E-state index contributed by atoms with van der Waals surface area (Å²) in [6.45, 7) is 6.20. The normalized spacial score (nSPS) is 33.4. The van der Waals surface area contributed by atoms with E-state index in [2.05, 4.69) is 34.9 Å². The minimum Gasteiger partial charge on any atom is -0.394 e. The quantitative estimate of drug-likeness (QED) is 0.639. The van der Waals surface area contributed by atoms with Crippen molar-refractivity contribution < 1.29 is 8.95 Å². The van der Waals surface area contributed by atoms with Gasteiger partial charge in [0.2, 0.25) is 0 Å². The van der Waals surface area contributed by atoms with Crippen molar-refractivity contribution in [3.63, 3.8) is 0 Å². The molecule has 0 aliphatic carbocycles. The van der Waals surface area contributed by atoms with E-state index >= 15 is 0 Å². The maximum Gasteiger partial charge on any atom is 0.355 e. The molecule has 0 aromatic carbocycles. The van der Waals surface area contributed by atoms with E-state index in [9.17, 15) is 0 Å². The van der Waals surface area contributed by atoms with Gasteiger partial charge in [0.25, 0.3) is 0 Å². The summed E-state index contributed by atoms with van der Waals surface area (Å²) in [7, 11) is -1.92. The van der Waals surface area contributed by atoms with Crippen LogP contribution in [0.25, 0.3) is 0 Å². The fourth-order valence-corrected chi connectivity index (χ4v) is 4.61. The highest BCUT2D eigenvalue weighted by molar-refractivity contribution is 9.09. The van der Waals surface area contributed by atoms with Gasteiger partial charge in [-0.2, -0.15) is 0 Å². The summed E-state index contributed by atoms with van der Waals surface area (Å²) in [5.41, 5.74) is 3.11. The molecule has 0 saturated carbocycles. The van der Waals surface area contributed by atoms with Gasteiger partial charge in [0.1, 0.15) is 0 Å². The van der Waals surface area contributed by atoms with E-state index in [1.807, 2.05) is 0 Å². The van der Waals surface area contributed by atoms with Crippen LogP contribution in [0.1, 0.15) is 26.2 Å². The second kappa shape index (κ2) is 7.01. The third kappa shape index (κ3) is 4.95. The van der Waals surface area contributed by atoms with Crippen molar-refractivity contribution in [1.82, 2.24) is 5.48 Å². The van der Waals surface area contributed by atoms with Crippen LogP contribution in [-0.2, 0) is 8.95 Å². The van der Waals surface area contributed by atoms with Gasteiger partial charge in [0.15, 0.2) is 0 Å². The van der Waals surface area contributed by atoms with Crippen LogP contribution in [0.2, 0.25) is 12.6 Å². The Morgan fingerprint density at radius 3 is 3.00 bits per heavy atom. The van der Waals surface area contributed by atoms with Crippen LogP contribution in [0.15, 0.2) is 0 Å². The van der Waals surface area contributed by atoms with Gasteiger partial charge in [-0.15, -0.1) is 0 Å². The summed E-state index contributed by atoms with van der Waals surface area (Å²) >= 11 is 3.45. The zero-order valence-electron chi connectivity index (χ0n) is 9.72. The molecule has 3 nitrogen and oxygen atoms in total. The Labute approximate surface area is 102 Å². The van der Waals surface area contributed by atoms with Crippen molar-refractivity contribution in [3.8, 4) is 0 Å². The first-order valence-electron chi connectivity index (χ1n) is 5.81. The van der Waals surface area contributed by atoms with Gasteiger partial charge >= 0.3 is 8.56 Å². The molecule has 1 N–H and O–H groups in total. The third-order valence-electron chi connectivity index (χ3n) is 2.94. The zero-order chi connectivity index (χ0) is 11.1. The van der Waals surface area contributed by atoms with E-state index in [1.165, 1.54) is 6.42 Å². The first kappa shape index (κ1) is 13.6. The van der Waals surface area contributed by atoms with Crippen LogP contribution >= 0.6 is 15.9 Å². The molecule has 0 radical (unpaired) electrons. The second-order valence-electron chi connectivity index (χ2n) is 4.29. The molecule has 0 aromatic heterocycles. The Balaban J connectivity index is 2.36. The third-order valence-corrected chi connectivity index (χ3v) is 6.15. The second-order valence-corrected chi connectivity index (χ2v) is 8.34. The maximum atomic E-state index is 5.94. The molecule has 1 rings (SSSR count). The van der Waals surface area contributed by atoms with Crippen molar-refractivity contribution in [3.05, 3.63) is 0 Å². The molecule has 1 heterocycles. The van der Waals surface area contributed by atoms with Gasteiger partial charge in [0.05, 0.1) is 0 Å². The summed E-state index contributed by atoms with van der Waals surface area (Å²) in [5, 5.41) is 1.03. The lowest BCUT2D eigenvalue weighted by atomic mass is 10.0. The predicted molar refractivity (Wildman–Crippen MR) is 68.3 cm³/mol. The molecule has 15 heavy (non-hydrogen) atoms. The highest BCUT2D eigenvalue weighted by Gasteiger charge is 2.33. The topological polar surface area (TPSA) is 30.5 Å². The predicted octanol–water partition coefficient (Wildman–Crippen LogP) is 2.81. The van der Waals surface area contributed by atoms with E-state index in [-0.39, 0.29) is 0 Å². The Hall–Kier alpha value is 0.577. The molecular weight excluding hydrogens is 274 g/mol. The van der Waals surface area contributed by atoms with Crippen molar-refractivity contribution in [2.45, 2.75) is 38.8 Å². The van der Waals surface area contributed by atoms with Gasteiger partial charge < -0.3 is 8.95 Å². The number of hydrogen-bond acceptors (Lipinski definition) is 3. The van der Waals surface area contributed by atoms with Gasteiger partial charge in [-0.25, -0.2) is 5.48 Å². The lowest BCUT2D eigenvalue weighted by Gasteiger charge is -2.31. The molecule has 1 saturated heterocycles. The van der Waals surface area contributed by atoms with E-state index < -0.39 is 8.56 Å². The molecule has 0 amide bonds. The molecule has 0 spiro atoms. The van der Waals surface area contributed by atoms with Gasteiger partial charge in [0, 0.05) is 18.5 Å². The van der Waals surface area contributed by atoms with Crippen LogP contribution < -0.4 is 5.48 Å². The van der Waals surface area contributed by atoms with Crippen molar-refractivity contribution in [1.29, 1.82) is 0 Å². The van der Waals surface area contributed by atoms with Crippen LogP contribution in [0, 0.1) is 5.92 Å². The van der Waals surface area contributed by atoms with Crippen LogP contribution in [0.5, 0.6) is 0 Å². The smallest absolute Gasteiger partial charge is 0.355 e. The number of nitrogens with one attached hydrogen (secondary N) is 1. The molecule has 90 valence electrons. The molecule has 1 aliphatic rings. The summed E-state index contributed by atoms with van der Waals surface area (Å²) in [6.07, 6.45) is 3.48. The molecule has 2 unspecified atom stereocenters. The highest BCUT2D eigenvalue weighted by Crippen LogP contribution is 2.19. The number of alkyl halides is 1. The standard InChI is InChI=1S/C10H22BrNO2Si/c1-3-10-5-7-13-15(2,8-4-6-11)14-12-9-10/h10,12H,3-9H2,1-2H3. The Kier molecular flexibility index (Phi) is 6.38. The summed E-state index contributed by atoms with van der Waals surface area (Å²) in [6, 6.07) is 1.06. The molecular formula is C10H22BrNO2Si. The fraction of sp³-hybridized carbons (Fsp3) is 1.00. The van der Waals surface area contributed by atoms with Crippen molar-refractivity contribution in [2.75, 3.05) is 18.5 Å². The highest BCUT2D eigenvalue weighted by atomic mass is 79.9. The average molecular weight is 296 g/mol. The van der Waals surface area contributed by atoms with Crippen LogP contribution in [0.3, 0.4) is 0 Å². The maximum absolute atomic E-state index is 5.94. The largest absolute Gasteiger partial charge is 0.394 e. The summed E-state index contributed by atoms with van der Waals surface area (Å²) in [4.78, 5) is 0. The Bertz CT molecular complexity index is 173. The molecule has 2 atom stereocenters.